The average Bonchev–Trinajstić information content (AvgIpc) is 3.89. The molecule has 0 fully saturated rings. The van der Waals surface area contributed by atoms with Crippen LogP contribution in [0.4, 0.5) is 17.1 Å². The number of hydrogen-bond donors (Lipinski definition) is 0. The Morgan fingerprint density at radius 3 is 1.68 bits per heavy atom. The van der Waals surface area contributed by atoms with Crippen LogP contribution in [-0.4, -0.2) is 0 Å². The zero-order valence-corrected chi connectivity index (χ0v) is 33.6. The van der Waals surface area contributed by atoms with Gasteiger partial charge in [-0.15, -0.1) is 22.7 Å². The first-order valence-corrected chi connectivity index (χ1v) is 21.7. The van der Waals surface area contributed by atoms with Crippen molar-refractivity contribution in [3.63, 3.8) is 0 Å². The Balaban J connectivity index is 1.11. The molecule has 0 spiro atoms. The Morgan fingerprint density at radius 2 is 0.898 bits per heavy atom. The Labute approximate surface area is 350 Å². The van der Waals surface area contributed by atoms with Crippen molar-refractivity contribution in [1.29, 1.82) is 0 Å². The normalized spacial score (nSPS) is 11.7. The van der Waals surface area contributed by atoms with Gasteiger partial charge in [0.1, 0.15) is 0 Å². The molecule has 2 heterocycles. The second-order valence-electron chi connectivity index (χ2n) is 15.2. The molecule has 0 amide bonds. The van der Waals surface area contributed by atoms with E-state index in [-0.39, 0.29) is 0 Å². The first-order chi connectivity index (χ1) is 29.2. The highest BCUT2D eigenvalue weighted by Gasteiger charge is 2.24. The van der Waals surface area contributed by atoms with Gasteiger partial charge in [-0.25, -0.2) is 0 Å². The first kappa shape index (κ1) is 34.0. The monoisotopic (exact) mass is 785 g/mol. The van der Waals surface area contributed by atoms with Crippen LogP contribution in [0.2, 0.25) is 0 Å². The summed E-state index contributed by atoms with van der Waals surface area (Å²) in [6.07, 6.45) is 0. The van der Waals surface area contributed by atoms with Crippen molar-refractivity contribution in [2.45, 2.75) is 0 Å². The van der Waals surface area contributed by atoms with Crippen LogP contribution >= 0.6 is 22.7 Å². The van der Waals surface area contributed by atoms with Crippen molar-refractivity contribution in [3.05, 3.63) is 212 Å². The minimum atomic E-state index is 1.12. The molecular formula is C56H35NS2. The summed E-state index contributed by atoms with van der Waals surface area (Å²) in [5, 5.41) is 10.2. The summed E-state index contributed by atoms with van der Waals surface area (Å²) in [6, 6.07) is 78.1. The van der Waals surface area contributed by atoms with Gasteiger partial charge in [-0.05, 0) is 97.4 Å². The van der Waals surface area contributed by atoms with E-state index in [1.807, 2.05) is 22.7 Å². The van der Waals surface area contributed by atoms with Crippen LogP contribution in [0, 0.1) is 0 Å². The van der Waals surface area contributed by atoms with E-state index < -0.39 is 0 Å². The van der Waals surface area contributed by atoms with Crippen molar-refractivity contribution in [2.24, 2.45) is 0 Å². The van der Waals surface area contributed by atoms with Gasteiger partial charge < -0.3 is 4.90 Å². The molecule has 0 atom stereocenters. The summed E-state index contributed by atoms with van der Waals surface area (Å²) in [6.45, 7) is 0. The highest BCUT2D eigenvalue weighted by atomic mass is 32.1. The fourth-order valence-electron chi connectivity index (χ4n) is 8.99. The van der Waals surface area contributed by atoms with Gasteiger partial charge in [0.2, 0.25) is 0 Å². The van der Waals surface area contributed by atoms with Crippen LogP contribution in [0.3, 0.4) is 0 Å². The number of nitrogens with zero attached hydrogens (tertiary/aromatic N) is 1. The van der Waals surface area contributed by atoms with Crippen molar-refractivity contribution in [2.75, 3.05) is 4.90 Å². The maximum absolute atomic E-state index is 2.52. The van der Waals surface area contributed by atoms with Gasteiger partial charge in [-0.2, -0.15) is 0 Å². The van der Waals surface area contributed by atoms with E-state index in [0.29, 0.717) is 0 Å². The van der Waals surface area contributed by atoms with E-state index in [0.717, 1.165) is 5.69 Å². The summed E-state index contributed by atoms with van der Waals surface area (Å²) in [5.74, 6) is 0. The van der Waals surface area contributed by atoms with Gasteiger partial charge in [0.05, 0.1) is 20.8 Å². The molecule has 0 radical (unpaired) electrons. The van der Waals surface area contributed by atoms with Crippen LogP contribution < -0.4 is 4.90 Å². The van der Waals surface area contributed by atoms with Crippen LogP contribution in [0.5, 0.6) is 0 Å². The number of anilines is 3. The summed E-state index contributed by atoms with van der Waals surface area (Å²) < 4.78 is 5.15. The zero-order valence-electron chi connectivity index (χ0n) is 32.0. The largest absolute Gasteiger partial charge is 0.308 e. The third-order valence-corrected chi connectivity index (χ3v) is 14.3. The molecule has 0 aliphatic rings. The van der Waals surface area contributed by atoms with E-state index in [1.54, 1.807) is 0 Å². The lowest BCUT2D eigenvalue weighted by atomic mass is 9.96. The highest BCUT2D eigenvalue weighted by molar-refractivity contribution is 7.27. The van der Waals surface area contributed by atoms with Crippen molar-refractivity contribution >= 4 is 102 Å². The summed E-state index contributed by atoms with van der Waals surface area (Å²) in [5.41, 5.74) is 10.9. The second kappa shape index (κ2) is 13.8. The van der Waals surface area contributed by atoms with E-state index in [2.05, 4.69) is 217 Å². The fraction of sp³-hybridized carbons (Fsp3) is 0. The smallest absolute Gasteiger partial charge is 0.0641 e. The molecular weight excluding hydrogens is 751 g/mol. The van der Waals surface area contributed by atoms with Gasteiger partial charge in [-0.3, -0.25) is 0 Å². The molecule has 0 saturated heterocycles. The third kappa shape index (κ3) is 5.66. The van der Waals surface area contributed by atoms with Crippen LogP contribution in [0.25, 0.3) is 95.3 Å². The predicted octanol–water partition coefficient (Wildman–Crippen LogP) is 17.2. The summed E-state index contributed by atoms with van der Waals surface area (Å²) >= 11 is 3.79. The number of fused-ring (bicyclic) bond motifs is 8. The van der Waals surface area contributed by atoms with Crippen LogP contribution in [-0.2, 0) is 0 Å². The molecule has 12 rings (SSSR count). The second-order valence-corrected chi connectivity index (χ2v) is 17.3. The molecule has 3 heteroatoms. The summed E-state index contributed by atoms with van der Waals surface area (Å²) in [7, 11) is 0. The summed E-state index contributed by atoms with van der Waals surface area (Å²) in [4.78, 5) is 2.52. The lowest BCUT2D eigenvalue weighted by Crippen LogP contribution is -2.10. The zero-order chi connectivity index (χ0) is 38.9. The number of hydrogen-bond acceptors (Lipinski definition) is 3. The quantitative estimate of drug-likeness (QED) is 0.162. The van der Waals surface area contributed by atoms with Gasteiger partial charge in [0.15, 0.2) is 0 Å². The van der Waals surface area contributed by atoms with Gasteiger partial charge in [0, 0.05) is 36.6 Å². The van der Waals surface area contributed by atoms with Gasteiger partial charge >= 0.3 is 0 Å². The maximum atomic E-state index is 2.52. The van der Waals surface area contributed by atoms with Crippen molar-refractivity contribution in [1.82, 2.24) is 0 Å². The standard InChI is InChI=1S/C56H35NS2/c1-2-14-39(15-3-1)46-19-10-20-47-48-21-11-22-50(55(48)59-54(46)47)57(44-30-28-38(29-31-44)42-26-24-36-12-4-6-16-40(36)34-42)51-33-32-45(43-27-25-37-13-5-7-17-41(37)35-43)53-49-18-8-9-23-52(49)58-56(51)53/h1-35H. The van der Waals surface area contributed by atoms with E-state index >= 15 is 0 Å². The number of thiophene rings is 2. The maximum Gasteiger partial charge on any atom is 0.0641 e. The molecule has 0 N–H and O–H groups in total. The minimum absolute atomic E-state index is 1.12. The fourth-order valence-corrected chi connectivity index (χ4v) is 11.6. The molecule has 0 unspecified atom stereocenters. The molecule has 0 saturated carbocycles. The van der Waals surface area contributed by atoms with Crippen molar-refractivity contribution < 1.29 is 0 Å². The lowest BCUT2D eigenvalue weighted by molar-refractivity contribution is 1.32. The van der Waals surface area contributed by atoms with E-state index in [4.69, 9.17) is 0 Å². The molecule has 12 aromatic rings. The highest BCUT2D eigenvalue weighted by Crippen LogP contribution is 2.52. The topological polar surface area (TPSA) is 3.24 Å². The van der Waals surface area contributed by atoms with E-state index in [1.165, 1.54) is 107 Å². The average molecular weight is 786 g/mol. The Hall–Kier alpha value is -7.04. The molecule has 0 bridgehead atoms. The predicted molar refractivity (Wildman–Crippen MR) is 258 cm³/mol. The SMILES string of the molecule is c1ccc(-c2cccc3c2sc2c(N(c4ccc(-c5ccc6ccccc6c5)cc4)c4ccc(-c5ccc6ccccc6c5)c5c4sc4ccccc45)cccc23)cc1. The molecule has 10 aromatic carbocycles. The number of rotatable bonds is 6. The van der Waals surface area contributed by atoms with Gasteiger partial charge in [-0.1, -0.05) is 170 Å². The van der Waals surface area contributed by atoms with Crippen LogP contribution in [0.15, 0.2) is 212 Å². The van der Waals surface area contributed by atoms with E-state index in [9.17, 15) is 0 Å². The third-order valence-electron chi connectivity index (χ3n) is 11.8. The molecule has 0 aliphatic heterocycles. The Bertz CT molecular complexity index is 3560. The Morgan fingerprint density at radius 1 is 0.305 bits per heavy atom. The molecule has 59 heavy (non-hydrogen) atoms. The molecule has 2 aromatic heterocycles. The molecule has 276 valence electrons. The lowest BCUT2D eigenvalue weighted by Gasteiger charge is -2.27. The number of benzene rings is 10. The van der Waals surface area contributed by atoms with Gasteiger partial charge in [0.25, 0.3) is 0 Å². The van der Waals surface area contributed by atoms with Crippen LogP contribution in [0.1, 0.15) is 0 Å². The Kier molecular flexibility index (Phi) is 7.97. The minimum Gasteiger partial charge on any atom is -0.308 e. The first-order valence-electron chi connectivity index (χ1n) is 20.1. The molecule has 0 aliphatic carbocycles. The molecule has 1 nitrogen and oxygen atoms in total. The van der Waals surface area contributed by atoms with Crippen molar-refractivity contribution in [3.8, 4) is 33.4 Å².